The highest BCUT2D eigenvalue weighted by Gasteiger charge is 2.75. The number of cyclic esters (lactones) is 2. The van der Waals surface area contributed by atoms with Crippen LogP contribution in [0.25, 0.3) is 5.53 Å². The normalized spacial score (nSPS) is 30.7. The topological polar surface area (TPSA) is 159 Å². The minimum absolute atomic E-state index is 0.0643. The van der Waals surface area contributed by atoms with Crippen LogP contribution in [0.2, 0.25) is 18.1 Å². The smallest absolute Gasteiger partial charge is 0.324 e. The zero-order valence-corrected chi connectivity index (χ0v) is 32.6. The van der Waals surface area contributed by atoms with E-state index in [9.17, 15) is 29.5 Å². The van der Waals surface area contributed by atoms with Crippen LogP contribution in [0.4, 0.5) is 0 Å². The van der Waals surface area contributed by atoms with E-state index in [1.807, 2.05) is 38.2 Å². The lowest BCUT2D eigenvalue weighted by molar-refractivity contribution is -0.244. The molecule has 12 heteroatoms. The molecule has 2 heterocycles. The molecule has 2 aliphatic carbocycles. The summed E-state index contributed by atoms with van der Waals surface area (Å²) in [6, 6.07) is 0. The SMILES string of the molecule is C/C=C\CCCCC[C@@H]1C=C2C3(OC(C)=O)OC[C@@]2(C(=O)C=[N+]=[N-])CC2C(=O)OC(=O)C2C3[C@H]1C[C@@H](O[Si](C)(C)C(C)(C)C)C(=O)CC/C=C/C. The highest BCUT2D eigenvalue weighted by Crippen LogP contribution is 2.66. The molecule has 51 heavy (non-hydrogen) atoms. The van der Waals surface area contributed by atoms with E-state index < -0.39 is 73.0 Å². The first-order chi connectivity index (χ1) is 24.0. The molecule has 8 atom stereocenters. The fraction of sp³-hybridized carbons (Fsp3) is 0.692. The number of nitrogens with zero attached hydrogens (tertiary/aromatic N) is 2. The Morgan fingerprint density at radius 1 is 1.08 bits per heavy atom. The first kappa shape index (κ1) is 40.5. The lowest BCUT2D eigenvalue weighted by Crippen LogP contribution is -2.56. The third-order valence-corrected chi connectivity index (χ3v) is 16.4. The molecule has 1 saturated carbocycles. The van der Waals surface area contributed by atoms with Crippen molar-refractivity contribution in [3.63, 3.8) is 0 Å². The molecule has 4 bridgehead atoms. The molecule has 4 aliphatic rings. The van der Waals surface area contributed by atoms with Crippen molar-refractivity contribution >= 4 is 44.0 Å². The Balaban J connectivity index is 1.94. The Bertz CT molecular complexity index is 1520. The lowest BCUT2D eigenvalue weighted by Gasteiger charge is -2.49. The van der Waals surface area contributed by atoms with E-state index >= 15 is 0 Å². The van der Waals surface area contributed by atoms with Crippen molar-refractivity contribution in [1.82, 2.24) is 0 Å². The number of esters is 3. The van der Waals surface area contributed by atoms with Gasteiger partial charge < -0.3 is 24.2 Å². The molecule has 0 radical (unpaired) electrons. The average Bonchev–Trinajstić information content (AvgIpc) is 3.47. The van der Waals surface area contributed by atoms with Gasteiger partial charge in [-0.2, -0.15) is 4.79 Å². The first-order valence-electron chi connectivity index (χ1n) is 18.5. The molecule has 0 aromatic heterocycles. The molecule has 2 aliphatic heterocycles. The van der Waals surface area contributed by atoms with Crippen LogP contribution in [0.15, 0.2) is 36.0 Å². The van der Waals surface area contributed by atoms with E-state index in [1.54, 1.807) is 0 Å². The number of unbranched alkanes of at least 4 members (excludes halogenated alkanes) is 3. The van der Waals surface area contributed by atoms with Gasteiger partial charge >= 0.3 is 24.1 Å². The van der Waals surface area contributed by atoms with E-state index in [1.165, 1.54) is 6.92 Å². The number of carbonyl (C=O) groups is 5. The Kier molecular flexibility index (Phi) is 12.8. The number of rotatable bonds is 17. The summed E-state index contributed by atoms with van der Waals surface area (Å²) in [4.78, 5) is 71.4. The summed E-state index contributed by atoms with van der Waals surface area (Å²) >= 11 is 0. The van der Waals surface area contributed by atoms with Gasteiger partial charge in [0.25, 0.3) is 0 Å². The molecule has 0 amide bonds. The maximum absolute atomic E-state index is 14.2. The monoisotopic (exact) mass is 724 g/mol. The minimum Gasteiger partial charge on any atom is -0.429 e. The van der Waals surface area contributed by atoms with E-state index in [-0.39, 0.29) is 42.6 Å². The van der Waals surface area contributed by atoms with Gasteiger partial charge in [0, 0.05) is 24.8 Å². The van der Waals surface area contributed by atoms with Crippen molar-refractivity contribution in [3.05, 3.63) is 41.5 Å². The predicted molar refractivity (Wildman–Crippen MR) is 192 cm³/mol. The fourth-order valence-electron chi connectivity index (χ4n) is 8.39. The summed E-state index contributed by atoms with van der Waals surface area (Å²) in [7, 11) is -2.53. The molecule has 4 rings (SSSR count). The number of ketones is 2. The number of fused-ring (bicyclic) bond motifs is 2. The molecule has 3 fully saturated rings. The summed E-state index contributed by atoms with van der Waals surface area (Å²) in [5.41, 5.74) is 8.28. The molecular weight excluding hydrogens is 669 g/mol. The van der Waals surface area contributed by atoms with Gasteiger partial charge in [0.1, 0.15) is 6.10 Å². The van der Waals surface area contributed by atoms with Crippen LogP contribution in [-0.2, 0) is 42.6 Å². The molecule has 4 unspecified atom stereocenters. The predicted octanol–water partition coefficient (Wildman–Crippen LogP) is 6.87. The standard InChI is InChI=1S/C39H56N2O9Si/c1-9-11-13-14-15-17-18-26-20-31-38(32(44)23-41-40)22-28-33(36(46)48-35(28)45)34(39(31,47-24-38)49-25(3)42)27(26)21-30(29(43)19-16-12-10-2)50-51(7,8)37(4,5)6/h9-12,20,23,26-28,30,33-34H,13-19,21-22,24H2,1-8H3/b11-9-,12-10+/t26-,27+,28?,30-,33?,34?,38+,39?/m1/s1. The Labute approximate surface area is 303 Å². The van der Waals surface area contributed by atoms with E-state index in [0.29, 0.717) is 18.4 Å². The van der Waals surface area contributed by atoms with Gasteiger partial charge in [-0.25, -0.2) is 0 Å². The Morgan fingerprint density at radius 2 is 1.76 bits per heavy atom. The fourth-order valence-corrected chi connectivity index (χ4v) is 9.69. The van der Waals surface area contributed by atoms with Crippen molar-refractivity contribution in [3.8, 4) is 0 Å². The number of Topliss-reactive ketones (excluding diaryl/α,β-unsaturated/α-hetero) is 2. The third-order valence-electron chi connectivity index (χ3n) is 11.9. The summed E-state index contributed by atoms with van der Waals surface area (Å²) in [6.07, 6.45) is 15.0. The van der Waals surface area contributed by atoms with Gasteiger partial charge in [0.2, 0.25) is 11.6 Å². The quantitative estimate of drug-likeness (QED) is 0.0228. The van der Waals surface area contributed by atoms with E-state index in [4.69, 9.17) is 18.6 Å². The summed E-state index contributed by atoms with van der Waals surface area (Å²) in [5, 5.41) is -0.211. The Hall–Kier alpha value is -3.31. The maximum Gasteiger partial charge on any atom is 0.324 e. The molecular formula is C39H56N2O9Si. The van der Waals surface area contributed by atoms with Crippen molar-refractivity contribution in [2.75, 3.05) is 6.61 Å². The zero-order valence-electron chi connectivity index (χ0n) is 31.6. The average molecular weight is 725 g/mol. The molecule has 11 nitrogen and oxygen atoms in total. The molecule has 0 spiro atoms. The van der Waals surface area contributed by atoms with Gasteiger partial charge in [-0.15, -0.1) is 0 Å². The van der Waals surface area contributed by atoms with Gasteiger partial charge in [-0.1, -0.05) is 64.0 Å². The number of allylic oxidation sites excluding steroid dienone is 5. The Morgan fingerprint density at radius 3 is 2.39 bits per heavy atom. The second-order valence-corrected chi connectivity index (χ2v) is 20.9. The number of hydrogen-bond acceptors (Lipinski definition) is 9. The molecule has 0 aromatic carbocycles. The summed E-state index contributed by atoms with van der Waals surface area (Å²) in [5.74, 6) is -8.77. The van der Waals surface area contributed by atoms with Gasteiger partial charge in [-0.3, -0.25) is 24.0 Å². The van der Waals surface area contributed by atoms with Crippen LogP contribution >= 0.6 is 0 Å². The van der Waals surface area contributed by atoms with Crippen molar-refractivity contribution < 1.29 is 47.4 Å². The number of hydrogen-bond donors (Lipinski definition) is 0. The van der Waals surface area contributed by atoms with Crippen LogP contribution in [0, 0.1) is 35.0 Å². The van der Waals surface area contributed by atoms with E-state index in [0.717, 1.165) is 31.9 Å². The highest BCUT2D eigenvalue weighted by atomic mass is 28.4. The van der Waals surface area contributed by atoms with E-state index in [2.05, 4.69) is 44.7 Å². The van der Waals surface area contributed by atoms with Crippen molar-refractivity contribution in [1.29, 1.82) is 0 Å². The second kappa shape index (κ2) is 16.1. The van der Waals surface area contributed by atoms with Crippen LogP contribution in [0.1, 0.15) is 99.3 Å². The van der Waals surface area contributed by atoms with Crippen LogP contribution in [0.5, 0.6) is 0 Å². The summed E-state index contributed by atoms with van der Waals surface area (Å²) < 4.78 is 24.8. The van der Waals surface area contributed by atoms with Crippen LogP contribution in [-0.4, -0.2) is 67.3 Å². The van der Waals surface area contributed by atoms with Crippen molar-refractivity contribution in [2.45, 2.75) is 129 Å². The van der Waals surface area contributed by atoms with Gasteiger partial charge in [-0.05, 0) is 82.3 Å². The molecule has 0 N–H and O–H groups in total. The number of carbonyl (C=O) groups excluding carboxylic acids is 5. The molecule has 0 aromatic rings. The second-order valence-electron chi connectivity index (χ2n) is 16.1. The zero-order chi connectivity index (χ0) is 37.8. The van der Waals surface area contributed by atoms with Crippen LogP contribution < -0.4 is 0 Å². The van der Waals surface area contributed by atoms with Crippen LogP contribution in [0.3, 0.4) is 0 Å². The minimum atomic E-state index is -2.53. The maximum atomic E-state index is 14.2. The third kappa shape index (κ3) is 8.04. The number of ether oxygens (including phenoxy) is 3. The molecule has 280 valence electrons. The highest BCUT2D eigenvalue weighted by molar-refractivity contribution is 6.74. The summed E-state index contributed by atoms with van der Waals surface area (Å²) in [6.45, 7) is 15.4. The van der Waals surface area contributed by atoms with Crippen molar-refractivity contribution in [2.24, 2.45) is 35.0 Å². The largest absolute Gasteiger partial charge is 0.429 e. The van der Waals surface area contributed by atoms with Gasteiger partial charge in [0.05, 0.1) is 23.9 Å². The molecule has 2 saturated heterocycles. The first-order valence-corrected chi connectivity index (χ1v) is 21.4. The van der Waals surface area contributed by atoms with Gasteiger partial charge in [0.15, 0.2) is 14.1 Å². The lowest BCUT2D eigenvalue weighted by atomic mass is 9.60.